The van der Waals surface area contributed by atoms with Crippen LogP contribution in [-0.4, -0.2) is 34.0 Å². The lowest BCUT2D eigenvalue weighted by atomic mass is 10.2. The molecule has 0 aliphatic rings. The molecule has 0 bridgehead atoms. The first-order valence-electron chi connectivity index (χ1n) is 6.35. The summed E-state index contributed by atoms with van der Waals surface area (Å²) in [6.07, 6.45) is -3.40. The summed E-state index contributed by atoms with van der Waals surface area (Å²) in [5.74, 6) is -1.43. The number of carbonyl (C=O) groups is 2. The second kappa shape index (κ2) is 6.87. The number of hydrogen-bond donors (Lipinski definition) is 1. The Hall–Kier alpha value is -2.62. The third kappa shape index (κ3) is 4.22. The van der Waals surface area contributed by atoms with Crippen molar-refractivity contribution in [2.24, 2.45) is 0 Å². The fourth-order valence-electron chi connectivity index (χ4n) is 1.71. The van der Waals surface area contributed by atoms with Crippen molar-refractivity contribution in [3.8, 4) is 0 Å². The molecule has 1 heterocycles. The van der Waals surface area contributed by atoms with Crippen molar-refractivity contribution in [2.45, 2.75) is 12.7 Å². The summed E-state index contributed by atoms with van der Waals surface area (Å²) in [6, 6.07) is 2.56. The van der Waals surface area contributed by atoms with Crippen LogP contribution in [0.4, 0.5) is 18.9 Å². The number of halogens is 4. The van der Waals surface area contributed by atoms with E-state index < -0.39 is 23.6 Å². The van der Waals surface area contributed by atoms with Crippen LogP contribution >= 0.6 is 11.6 Å². The smallest absolute Gasteiger partial charge is 0.416 e. The minimum atomic E-state index is -4.56. The normalized spacial score (nSPS) is 11.2. The van der Waals surface area contributed by atoms with Gasteiger partial charge in [0.05, 0.1) is 29.6 Å². The maximum absolute atomic E-state index is 12.7. The van der Waals surface area contributed by atoms with Crippen molar-refractivity contribution in [3.63, 3.8) is 0 Å². The molecule has 2 aromatic rings. The van der Waals surface area contributed by atoms with E-state index in [-0.39, 0.29) is 22.9 Å². The number of nitrogens with one attached hydrogen (secondary N) is 1. The SMILES string of the molecule is COC(=O)c1cn(CC(=O)Nc2cc(C(F)(F)F)ccc2Cl)nn1. The monoisotopic (exact) mass is 362 g/mol. The molecule has 0 saturated carbocycles. The third-order valence-electron chi connectivity index (χ3n) is 2.81. The summed E-state index contributed by atoms with van der Waals surface area (Å²) < 4.78 is 43.5. The Morgan fingerprint density at radius 3 is 2.71 bits per heavy atom. The molecule has 0 atom stereocenters. The molecule has 2 rings (SSSR count). The summed E-state index contributed by atoms with van der Waals surface area (Å²) in [5, 5.41) is 9.23. The van der Waals surface area contributed by atoms with Gasteiger partial charge < -0.3 is 10.1 Å². The molecule has 24 heavy (non-hydrogen) atoms. The average molecular weight is 363 g/mol. The van der Waals surface area contributed by atoms with E-state index in [1.807, 2.05) is 0 Å². The largest absolute Gasteiger partial charge is 0.464 e. The number of nitrogens with zero attached hydrogens (tertiary/aromatic N) is 3. The minimum Gasteiger partial charge on any atom is -0.464 e. The van der Waals surface area contributed by atoms with Crippen molar-refractivity contribution in [3.05, 3.63) is 40.7 Å². The summed E-state index contributed by atoms with van der Waals surface area (Å²) in [5.41, 5.74) is -1.25. The zero-order valence-electron chi connectivity index (χ0n) is 12.1. The molecule has 0 fully saturated rings. The molecule has 7 nitrogen and oxygen atoms in total. The average Bonchev–Trinajstić information content (AvgIpc) is 2.95. The van der Waals surface area contributed by atoms with Gasteiger partial charge in [0, 0.05) is 0 Å². The van der Waals surface area contributed by atoms with Gasteiger partial charge in [-0.25, -0.2) is 9.48 Å². The van der Waals surface area contributed by atoms with Crippen molar-refractivity contribution in [1.29, 1.82) is 0 Å². The second-order valence-electron chi connectivity index (χ2n) is 4.53. The van der Waals surface area contributed by atoms with Gasteiger partial charge in [0.1, 0.15) is 6.54 Å². The molecule has 0 unspecified atom stereocenters. The first-order valence-corrected chi connectivity index (χ1v) is 6.73. The van der Waals surface area contributed by atoms with Crippen LogP contribution in [0.1, 0.15) is 16.1 Å². The van der Waals surface area contributed by atoms with Crippen molar-refractivity contribution in [2.75, 3.05) is 12.4 Å². The van der Waals surface area contributed by atoms with E-state index in [1.165, 1.54) is 6.20 Å². The molecule has 128 valence electrons. The molecule has 0 spiro atoms. The minimum absolute atomic E-state index is 0.0507. The number of hydrogen-bond acceptors (Lipinski definition) is 5. The highest BCUT2D eigenvalue weighted by atomic mass is 35.5. The Bertz CT molecular complexity index is 776. The molecule has 1 N–H and O–H groups in total. The van der Waals surface area contributed by atoms with Crippen LogP contribution in [0.3, 0.4) is 0 Å². The van der Waals surface area contributed by atoms with Gasteiger partial charge in [-0.15, -0.1) is 5.10 Å². The Balaban J connectivity index is 2.10. The van der Waals surface area contributed by atoms with Gasteiger partial charge in [-0.05, 0) is 18.2 Å². The number of anilines is 1. The molecule has 11 heteroatoms. The van der Waals surface area contributed by atoms with Crippen molar-refractivity contribution in [1.82, 2.24) is 15.0 Å². The van der Waals surface area contributed by atoms with Crippen LogP contribution in [0.5, 0.6) is 0 Å². The van der Waals surface area contributed by atoms with Gasteiger partial charge in [0.2, 0.25) is 5.91 Å². The Kier molecular flexibility index (Phi) is 5.07. The standard InChI is InChI=1S/C13H10ClF3N4O3/c1-24-12(23)10-5-21(20-19-10)6-11(22)18-9-4-7(13(15,16)17)2-3-8(9)14/h2-5H,6H2,1H3,(H,18,22). The van der Waals surface area contributed by atoms with E-state index >= 15 is 0 Å². The van der Waals surface area contributed by atoms with Crippen LogP contribution in [0.15, 0.2) is 24.4 Å². The number of esters is 1. The Labute approximate surface area is 138 Å². The summed E-state index contributed by atoms with van der Waals surface area (Å²) >= 11 is 5.78. The molecular weight excluding hydrogens is 353 g/mol. The van der Waals surface area contributed by atoms with Crippen LogP contribution < -0.4 is 5.32 Å². The molecule has 0 saturated heterocycles. The number of amides is 1. The molecule has 1 aromatic heterocycles. The quantitative estimate of drug-likeness (QED) is 0.844. The number of rotatable bonds is 4. The Morgan fingerprint density at radius 2 is 2.08 bits per heavy atom. The fourth-order valence-corrected chi connectivity index (χ4v) is 1.87. The summed E-state index contributed by atoms with van der Waals surface area (Å²) in [7, 11) is 1.16. The van der Waals surface area contributed by atoms with Crippen LogP contribution in [0, 0.1) is 0 Å². The van der Waals surface area contributed by atoms with Crippen LogP contribution in [-0.2, 0) is 22.3 Å². The van der Waals surface area contributed by atoms with Gasteiger partial charge in [0.25, 0.3) is 0 Å². The van der Waals surface area contributed by atoms with Crippen molar-refractivity contribution >= 4 is 29.2 Å². The first kappa shape index (κ1) is 17.7. The van der Waals surface area contributed by atoms with Gasteiger partial charge in [0.15, 0.2) is 5.69 Å². The lowest BCUT2D eigenvalue weighted by Crippen LogP contribution is -2.20. The van der Waals surface area contributed by atoms with Gasteiger partial charge in [-0.2, -0.15) is 13.2 Å². The third-order valence-corrected chi connectivity index (χ3v) is 3.14. The number of aromatic nitrogens is 3. The maximum Gasteiger partial charge on any atom is 0.416 e. The van der Waals surface area contributed by atoms with Gasteiger partial charge >= 0.3 is 12.1 Å². The summed E-state index contributed by atoms with van der Waals surface area (Å²) in [4.78, 5) is 23.1. The molecular formula is C13H10ClF3N4O3. The topological polar surface area (TPSA) is 86.1 Å². The zero-order chi connectivity index (χ0) is 17.9. The molecule has 1 amide bonds. The van der Waals surface area contributed by atoms with E-state index in [2.05, 4.69) is 20.4 Å². The number of benzene rings is 1. The number of alkyl halides is 3. The predicted molar refractivity (Wildman–Crippen MR) is 76.4 cm³/mol. The van der Waals surface area contributed by atoms with Crippen LogP contribution in [0.2, 0.25) is 5.02 Å². The molecule has 0 aliphatic heterocycles. The lowest BCUT2D eigenvalue weighted by molar-refractivity contribution is -0.137. The molecule has 0 aliphatic carbocycles. The highest BCUT2D eigenvalue weighted by Gasteiger charge is 2.31. The number of methoxy groups -OCH3 is 1. The first-order chi connectivity index (χ1) is 11.2. The van der Waals surface area contributed by atoms with E-state index in [0.717, 1.165) is 30.0 Å². The van der Waals surface area contributed by atoms with Gasteiger partial charge in [-0.1, -0.05) is 16.8 Å². The van der Waals surface area contributed by atoms with Crippen molar-refractivity contribution < 1.29 is 27.5 Å². The summed E-state index contributed by atoms with van der Waals surface area (Å²) in [6.45, 7) is -0.378. The highest BCUT2D eigenvalue weighted by Crippen LogP contribution is 2.33. The van der Waals surface area contributed by atoms with Gasteiger partial charge in [-0.3, -0.25) is 4.79 Å². The lowest BCUT2D eigenvalue weighted by Gasteiger charge is -2.11. The second-order valence-corrected chi connectivity index (χ2v) is 4.94. The number of ether oxygens (including phenoxy) is 1. The van der Waals surface area contributed by atoms with E-state index in [1.54, 1.807) is 0 Å². The predicted octanol–water partition coefficient (Wildman–Crippen LogP) is 2.38. The molecule has 1 aromatic carbocycles. The van der Waals surface area contributed by atoms with E-state index in [4.69, 9.17) is 11.6 Å². The highest BCUT2D eigenvalue weighted by molar-refractivity contribution is 6.33. The molecule has 0 radical (unpaired) electrons. The zero-order valence-corrected chi connectivity index (χ0v) is 12.9. The Morgan fingerprint density at radius 1 is 1.38 bits per heavy atom. The maximum atomic E-state index is 12.7. The van der Waals surface area contributed by atoms with E-state index in [9.17, 15) is 22.8 Å². The fraction of sp³-hybridized carbons (Fsp3) is 0.231. The van der Waals surface area contributed by atoms with E-state index in [0.29, 0.717) is 0 Å². The number of carbonyl (C=O) groups excluding carboxylic acids is 2. The van der Waals surface area contributed by atoms with Crippen LogP contribution in [0.25, 0.3) is 0 Å².